The molecule has 1 fully saturated rings. The largest absolute Gasteiger partial charge is 0.427 e. The van der Waals surface area contributed by atoms with Crippen LogP contribution in [0.25, 0.3) is 16.7 Å². The molecule has 2 heterocycles. The first kappa shape index (κ1) is 25.4. The zero-order chi connectivity index (χ0) is 25.5. The van der Waals surface area contributed by atoms with E-state index in [9.17, 15) is 9.59 Å². The van der Waals surface area contributed by atoms with Gasteiger partial charge >= 0.3 is 5.97 Å². The van der Waals surface area contributed by atoms with Crippen LogP contribution < -0.4 is 5.32 Å². The molecule has 0 aliphatic carbocycles. The quantitative estimate of drug-likeness (QED) is 0.570. The summed E-state index contributed by atoms with van der Waals surface area (Å²) in [7, 11) is 1.64. The third kappa shape index (κ3) is 4.88. The monoisotopic (exact) mass is 496 g/mol. The minimum Gasteiger partial charge on any atom is -0.427 e. The maximum Gasteiger partial charge on any atom is 0.316 e. The molecule has 1 spiro atoms. The number of benzene rings is 2. The van der Waals surface area contributed by atoms with Gasteiger partial charge in [0.1, 0.15) is 11.3 Å². The van der Waals surface area contributed by atoms with Gasteiger partial charge in [0.25, 0.3) is 5.91 Å². The van der Waals surface area contributed by atoms with Crippen LogP contribution in [-0.2, 0) is 19.2 Å². The van der Waals surface area contributed by atoms with E-state index in [4.69, 9.17) is 21.2 Å². The number of rotatable bonds is 4. The van der Waals surface area contributed by atoms with Crippen molar-refractivity contribution < 1.29 is 19.2 Å². The maximum absolute atomic E-state index is 13.5. The Kier molecular flexibility index (Phi) is 6.84. The van der Waals surface area contributed by atoms with Crippen LogP contribution in [-0.4, -0.2) is 42.7 Å². The van der Waals surface area contributed by atoms with E-state index in [0.717, 1.165) is 27.8 Å². The number of ether oxygens (including phenoxy) is 1. The number of carbonyl (C=O) groups is 2. The van der Waals surface area contributed by atoms with Crippen LogP contribution in [0.15, 0.2) is 42.2 Å². The van der Waals surface area contributed by atoms with Crippen molar-refractivity contribution in [2.24, 2.45) is 5.41 Å². The topological polar surface area (TPSA) is 67.9 Å². The zero-order valence-corrected chi connectivity index (χ0v) is 22.0. The lowest BCUT2D eigenvalue weighted by Crippen LogP contribution is -2.53. The minimum absolute atomic E-state index is 0.210. The second-order valence-electron chi connectivity index (χ2n) is 10.5. The number of hydroxylamine groups is 2. The Morgan fingerprint density at radius 2 is 1.60 bits per heavy atom. The SMILES string of the molecule is CON1CCC2(CC1)NC(=O)C(c1c(C)cc(-c3ccc(Cl)cc3)cc1C)=C2OC(=O)C(C)(C)C. The van der Waals surface area contributed by atoms with Crippen molar-refractivity contribution in [2.45, 2.75) is 53.0 Å². The molecule has 0 radical (unpaired) electrons. The summed E-state index contributed by atoms with van der Waals surface area (Å²) in [6.45, 7) is 10.7. The summed E-state index contributed by atoms with van der Waals surface area (Å²) in [5.41, 5.74) is 3.77. The first-order valence-corrected chi connectivity index (χ1v) is 12.3. The molecule has 4 rings (SSSR count). The van der Waals surface area contributed by atoms with E-state index in [-0.39, 0.29) is 11.9 Å². The van der Waals surface area contributed by atoms with E-state index < -0.39 is 11.0 Å². The fraction of sp³-hybridized carbons (Fsp3) is 0.429. The molecule has 1 saturated heterocycles. The molecule has 6 nitrogen and oxygen atoms in total. The number of hydrogen-bond donors (Lipinski definition) is 1. The van der Waals surface area contributed by atoms with Crippen LogP contribution in [0.4, 0.5) is 0 Å². The van der Waals surface area contributed by atoms with E-state index in [1.807, 2.05) is 63.9 Å². The van der Waals surface area contributed by atoms with Gasteiger partial charge in [0.15, 0.2) is 0 Å². The summed E-state index contributed by atoms with van der Waals surface area (Å²) in [5, 5.41) is 5.73. The average molecular weight is 497 g/mol. The van der Waals surface area contributed by atoms with Gasteiger partial charge in [-0.15, -0.1) is 0 Å². The molecule has 7 heteroatoms. The number of nitrogens with one attached hydrogen (secondary N) is 1. The average Bonchev–Trinajstić information content (AvgIpc) is 3.04. The van der Waals surface area contributed by atoms with E-state index >= 15 is 0 Å². The lowest BCUT2D eigenvalue weighted by Gasteiger charge is -2.39. The van der Waals surface area contributed by atoms with Crippen molar-refractivity contribution >= 4 is 29.1 Å². The van der Waals surface area contributed by atoms with Crippen LogP contribution >= 0.6 is 11.6 Å². The molecule has 0 atom stereocenters. The lowest BCUT2D eigenvalue weighted by molar-refractivity contribution is -0.159. The highest BCUT2D eigenvalue weighted by Crippen LogP contribution is 2.43. The van der Waals surface area contributed by atoms with Gasteiger partial charge < -0.3 is 14.9 Å². The van der Waals surface area contributed by atoms with Crippen molar-refractivity contribution in [1.29, 1.82) is 0 Å². The third-order valence-corrected chi connectivity index (χ3v) is 7.10. The van der Waals surface area contributed by atoms with E-state index in [0.29, 0.717) is 42.3 Å². The zero-order valence-electron chi connectivity index (χ0n) is 21.3. The summed E-state index contributed by atoms with van der Waals surface area (Å²) < 4.78 is 6.10. The molecular formula is C28H33ClN2O4. The Bertz CT molecular complexity index is 1160. The lowest BCUT2D eigenvalue weighted by atomic mass is 9.84. The molecule has 186 valence electrons. The molecule has 2 aliphatic heterocycles. The van der Waals surface area contributed by atoms with Gasteiger partial charge in [0.2, 0.25) is 0 Å². The molecule has 2 aromatic carbocycles. The Morgan fingerprint density at radius 3 is 2.11 bits per heavy atom. The smallest absolute Gasteiger partial charge is 0.316 e. The minimum atomic E-state index is -0.740. The highest BCUT2D eigenvalue weighted by atomic mass is 35.5. The molecule has 0 aromatic heterocycles. The van der Waals surface area contributed by atoms with Gasteiger partial charge in [0, 0.05) is 18.1 Å². The van der Waals surface area contributed by atoms with Crippen molar-refractivity contribution in [3.63, 3.8) is 0 Å². The number of halogens is 1. The summed E-state index contributed by atoms with van der Waals surface area (Å²) in [6.07, 6.45) is 1.17. The Morgan fingerprint density at radius 1 is 1.03 bits per heavy atom. The number of nitrogens with zero attached hydrogens (tertiary/aromatic N) is 1. The maximum atomic E-state index is 13.5. The van der Waals surface area contributed by atoms with Crippen LogP contribution in [0.5, 0.6) is 0 Å². The van der Waals surface area contributed by atoms with Crippen molar-refractivity contribution in [1.82, 2.24) is 10.4 Å². The third-order valence-electron chi connectivity index (χ3n) is 6.84. The number of hydrogen-bond acceptors (Lipinski definition) is 5. The van der Waals surface area contributed by atoms with E-state index in [1.54, 1.807) is 7.11 Å². The molecule has 1 N–H and O–H groups in total. The Balaban J connectivity index is 1.84. The van der Waals surface area contributed by atoms with Gasteiger partial charge in [0.05, 0.1) is 18.1 Å². The van der Waals surface area contributed by atoms with Gasteiger partial charge in [-0.3, -0.25) is 9.59 Å². The number of carbonyl (C=O) groups excluding carboxylic acids is 2. The van der Waals surface area contributed by atoms with Gasteiger partial charge in [-0.2, -0.15) is 5.06 Å². The van der Waals surface area contributed by atoms with Crippen molar-refractivity contribution in [2.75, 3.05) is 20.2 Å². The van der Waals surface area contributed by atoms with Crippen LogP contribution in [0, 0.1) is 19.3 Å². The molecule has 0 saturated carbocycles. The molecule has 2 aliphatic rings. The van der Waals surface area contributed by atoms with Gasteiger partial charge in [-0.25, -0.2) is 0 Å². The number of piperidine rings is 1. The molecule has 1 amide bonds. The summed E-state index contributed by atoms with van der Waals surface area (Å²) >= 11 is 6.06. The number of aryl methyl sites for hydroxylation is 2. The predicted octanol–water partition coefficient (Wildman–Crippen LogP) is 5.45. The van der Waals surface area contributed by atoms with Gasteiger partial charge in [-0.05, 0) is 87.4 Å². The van der Waals surface area contributed by atoms with Crippen LogP contribution in [0.3, 0.4) is 0 Å². The van der Waals surface area contributed by atoms with Gasteiger partial charge in [-0.1, -0.05) is 35.9 Å². The highest BCUT2D eigenvalue weighted by molar-refractivity contribution is 6.30. The standard InChI is InChI=1S/C28H33ClN2O4/c1-17-15-20(19-7-9-21(29)10-8-19)16-18(2)22(17)23-24(35-26(33)27(3,4)5)28(30-25(23)32)11-13-31(34-6)14-12-28/h7-10,15-16H,11-14H2,1-6H3,(H,30,32). The fourth-order valence-electron chi connectivity index (χ4n) is 4.87. The number of esters is 1. The fourth-order valence-corrected chi connectivity index (χ4v) is 5.00. The van der Waals surface area contributed by atoms with Crippen molar-refractivity contribution in [3.05, 3.63) is 63.9 Å². The molecular weight excluding hydrogens is 464 g/mol. The highest BCUT2D eigenvalue weighted by Gasteiger charge is 2.50. The molecule has 0 bridgehead atoms. The van der Waals surface area contributed by atoms with Crippen LogP contribution in [0.2, 0.25) is 5.02 Å². The molecule has 0 unspecified atom stereocenters. The second-order valence-corrected chi connectivity index (χ2v) is 10.9. The predicted molar refractivity (Wildman–Crippen MR) is 138 cm³/mol. The van der Waals surface area contributed by atoms with Crippen molar-refractivity contribution in [3.8, 4) is 11.1 Å². The Hall–Kier alpha value is -2.67. The van der Waals surface area contributed by atoms with E-state index in [2.05, 4.69) is 17.4 Å². The number of amides is 1. The summed E-state index contributed by atoms with van der Waals surface area (Å²) in [6, 6.07) is 11.8. The van der Waals surface area contributed by atoms with E-state index in [1.165, 1.54) is 0 Å². The first-order chi connectivity index (χ1) is 16.4. The molecule has 2 aromatic rings. The summed E-state index contributed by atoms with van der Waals surface area (Å²) in [4.78, 5) is 32.0. The summed E-state index contributed by atoms with van der Waals surface area (Å²) in [5.74, 6) is -0.134. The Labute approximate surface area is 212 Å². The normalized spacial score (nSPS) is 18.2. The first-order valence-electron chi connectivity index (χ1n) is 11.9. The van der Waals surface area contributed by atoms with Crippen LogP contribution in [0.1, 0.15) is 50.3 Å². The second kappa shape index (κ2) is 9.41. The molecule has 35 heavy (non-hydrogen) atoms.